The molecule has 0 radical (unpaired) electrons. The molecule has 1 aromatic rings. The Bertz CT molecular complexity index is 303. The zero-order chi connectivity index (χ0) is 9.26. The van der Waals surface area contributed by atoms with Gasteiger partial charge in [-0.15, -0.1) is 0 Å². The standard InChI is InChI=1S/C10H10BrNO/c11-9-1-3-10(4-2-9)12-5-8(6-12)7-13/h1-4,7-8H,5-6H2. The fourth-order valence-electron chi connectivity index (χ4n) is 1.46. The summed E-state index contributed by atoms with van der Waals surface area (Å²) in [6, 6.07) is 8.16. The van der Waals surface area contributed by atoms with Crippen molar-refractivity contribution in [3.05, 3.63) is 28.7 Å². The Balaban J connectivity index is 2.03. The highest BCUT2D eigenvalue weighted by molar-refractivity contribution is 9.10. The molecule has 0 N–H and O–H groups in total. The van der Waals surface area contributed by atoms with Gasteiger partial charge in [0.2, 0.25) is 0 Å². The molecule has 2 nitrogen and oxygen atoms in total. The van der Waals surface area contributed by atoms with E-state index in [1.165, 1.54) is 5.69 Å². The Morgan fingerprint density at radius 1 is 1.31 bits per heavy atom. The minimum Gasteiger partial charge on any atom is -0.370 e. The van der Waals surface area contributed by atoms with Crippen LogP contribution in [0.1, 0.15) is 0 Å². The van der Waals surface area contributed by atoms with E-state index in [2.05, 4.69) is 33.0 Å². The fraction of sp³-hybridized carbons (Fsp3) is 0.300. The summed E-state index contributed by atoms with van der Waals surface area (Å²) in [5.74, 6) is 0.239. The molecule has 0 spiro atoms. The third kappa shape index (κ3) is 1.75. The Morgan fingerprint density at radius 3 is 2.46 bits per heavy atom. The van der Waals surface area contributed by atoms with Gasteiger partial charge >= 0.3 is 0 Å². The third-order valence-electron chi connectivity index (χ3n) is 2.29. The molecule has 1 fully saturated rings. The lowest BCUT2D eigenvalue weighted by Crippen LogP contribution is -2.47. The van der Waals surface area contributed by atoms with Crippen molar-refractivity contribution < 1.29 is 4.79 Å². The number of anilines is 1. The van der Waals surface area contributed by atoms with E-state index in [1.54, 1.807) is 0 Å². The molecule has 1 heterocycles. The van der Waals surface area contributed by atoms with Crippen molar-refractivity contribution in [1.29, 1.82) is 0 Å². The van der Waals surface area contributed by atoms with Crippen molar-refractivity contribution >= 4 is 27.9 Å². The molecule has 0 unspecified atom stereocenters. The summed E-state index contributed by atoms with van der Waals surface area (Å²) in [6.07, 6.45) is 1.04. The van der Waals surface area contributed by atoms with Crippen LogP contribution < -0.4 is 4.90 Å². The number of rotatable bonds is 2. The minimum atomic E-state index is 0.239. The van der Waals surface area contributed by atoms with E-state index in [4.69, 9.17) is 0 Å². The average Bonchev–Trinajstić information content (AvgIpc) is 2.06. The lowest BCUT2D eigenvalue weighted by Gasteiger charge is -2.38. The van der Waals surface area contributed by atoms with Crippen molar-refractivity contribution in [2.75, 3.05) is 18.0 Å². The van der Waals surface area contributed by atoms with E-state index in [0.29, 0.717) is 0 Å². The number of carbonyl (C=O) groups is 1. The molecule has 0 saturated carbocycles. The molecule has 68 valence electrons. The smallest absolute Gasteiger partial charge is 0.126 e. The molecule has 0 aliphatic carbocycles. The molecule has 0 amide bonds. The van der Waals surface area contributed by atoms with Crippen LogP contribution in [0.2, 0.25) is 0 Å². The molecule has 1 aliphatic rings. The summed E-state index contributed by atoms with van der Waals surface area (Å²) in [7, 11) is 0. The zero-order valence-electron chi connectivity index (χ0n) is 7.11. The first-order valence-corrected chi connectivity index (χ1v) is 5.04. The summed E-state index contributed by atoms with van der Waals surface area (Å²) in [6.45, 7) is 1.73. The van der Waals surface area contributed by atoms with Crippen LogP contribution >= 0.6 is 15.9 Å². The highest BCUT2D eigenvalue weighted by atomic mass is 79.9. The van der Waals surface area contributed by atoms with Crippen molar-refractivity contribution in [2.45, 2.75) is 0 Å². The Labute approximate surface area is 85.7 Å². The molecular weight excluding hydrogens is 230 g/mol. The summed E-state index contributed by atoms with van der Waals surface area (Å²) < 4.78 is 1.09. The largest absolute Gasteiger partial charge is 0.370 e. The summed E-state index contributed by atoms with van der Waals surface area (Å²) in [5.41, 5.74) is 1.20. The van der Waals surface area contributed by atoms with E-state index in [9.17, 15) is 4.79 Å². The monoisotopic (exact) mass is 239 g/mol. The van der Waals surface area contributed by atoms with Gasteiger partial charge in [0, 0.05) is 29.2 Å². The van der Waals surface area contributed by atoms with E-state index < -0.39 is 0 Å². The van der Waals surface area contributed by atoms with Gasteiger partial charge in [-0.05, 0) is 24.3 Å². The van der Waals surface area contributed by atoms with Crippen molar-refractivity contribution in [3.63, 3.8) is 0 Å². The Hall–Kier alpha value is -0.830. The Morgan fingerprint density at radius 2 is 1.92 bits per heavy atom. The lowest BCUT2D eigenvalue weighted by atomic mass is 10.0. The minimum absolute atomic E-state index is 0.239. The van der Waals surface area contributed by atoms with Crippen LogP contribution in [-0.2, 0) is 4.79 Å². The molecule has 1 aromatic carbocycles. The normalized spacial score (nSPS) is 16.8. The van der Waals surface area contributed by atoms with Crippen LogP contribution in [0.3, 0.4) is 0 Å². The number of benzene rings is 1. The molecule has 0 bridgehead atoms. The molecule has 0 atom stereocenters. The predicted octanol–water partition coefficient (Wildman–Crippen LogP) is 2.08. The van der Waals surface area contributed by atoms with Crippen LogP contribution in [-0.4, -0.2) is 19.4 Å². The van der Waals surface area contributed by atoms with Crippen molar-refractivity contribution in [2.24, 2.45) is 5.92 Å². The van der Waals surface area contributed by atoms with Crippen LogP contribution in [0.5, 0.6) is 0 Å². The second kappa shape index (κ2) is 3.50. The van der Waals surface area contributed by atoms with Crippen molar-refractivity contribution in [3.8, 4) is 0 Å². The molecule has 13 heavy (non-hydrogen) atoms. The first-order chi connectivity index (χ1) is 6.29. The van der Waals surface area contributed by atoms with E-state index in [0.717, 1.165) is 23.8 Å². The SMILES string of the molecule is O=CC1CN(c2ccc(Br)cc2)C1. The van der Waals surface area contributed by atoms with Crippen LogP contribution in [0.25, 0.3) is 0 Å². The second-order valence-corrected chi connectivity index (χ2v) is 4.19. The van der Waals surface area contributed by atoms with Gasteiger partial charge in [0.05, 0.1) is 0 Å². The van der Waals surface area contributed by atoms with Gasteiger partial charge in [-0.25, -0.2) is 0 Å². The topological polar surface area (TPSA) is 20.3 Å². The third-order valence-corrected chi connectivity index (χ3v) is 2.82. The lowest BCUT2D eigenvalue weighted by molar-refractivity contribution is -0.111. The van der Waals surface area contributed by atoms with Gasteiger partial charge in [0.15, 0.2) is 0 Å². The maximum absolute atomic E-state index is 10.4. The highest BCUT2D eigenvalue weighted by Crippen LogP contribution is 2.24. The van der Waals surface area contributed by atoms with Gasteiger partial charge in [-0.3, -0.25) is 0 Å². The number of hydrogen-bond acceptors (Lipinski definition) is 2. The summed E-state index contributed by atoms with van der Waals surface area (Å²) >= 11 is 3.39. The maximum Gasteiger partial charge on any atom is 0.126 e. The van der Waals surface area contributed by atoms with Gasteiger partial charge in [-0.1, -0.05) is 15.9 Å². The number of carbonyl (C=O) groups excluding carboxylic acids is 1. The number of halogens is 1. The summed E-state index contributed by atoms with van der Waals surface area (Å²) in [5, 5.41) is 0. The highest BCUT2D eigenvalue weighted by Gasteiger charge is 2.25. The Kier molecular flexibility index (Phi) is 2.36. The van der Waals surface area contributed by atoms with E-state index in [1.807, 2.05) is 12.1 Å². The molecule has 1 aliphatic heterocycles. The number of aldehydes is 1. The molecule has 2 rings (SSSR count). The molecule has 1 saturated heterocycles. The molecule has 3 heteroatoms. The second-order valence-electron chi connectivity index (χ2n) is 3.28. The predicted molar refractivity (Wildman–Crippen MR) is 55.9 cm³/mol. The number of hydrogen-bond donors (Lipinski definition) is 0. The van der Waals surface area contributed by atoms with Gasteiger partial charge < -0.3 is 9.69 Å². The maximum atomic E-state index is 10.4. The quantitative estimate of drug-likeness (QED) is 0.737. The first-order valence-electron chi connectivity index (χ1n) is 4.25. The molecular formula is C10H10BrNO. The molecule has 0 aromatic heterocycles. The van der Waals surface area contributed by atoms with Gasteiger partial charge in [-0.2, -0.15) is 0 Å². The van der Waals surface area contributed by atoms with Crippen LogP contribution in [0, 0.1) is 5.92 Å². The van der Waals surface area contributed by atoms with Crippen LogP contribution in [0.4, 0.5) is 5.69 Å². The van der Waals surface area contributed by atoms with Gasteiger partial charge in [0.25, 0.3) is 0 Å². The average molecular weight is 240 g/mol. The fourth-order valence-corrected chi connectivity index (χ4v) is 1.73. The van der Waals surface area contributed by atoms with E-state index in [-0.39, 0.29) is 5.92 Å². The zero-order valence-corrected chi connectivity index (χ0v) is 8.70. The van der Waals surface area contributed by atoms with E-state index >= 15 is 0 Å². The first kappa shape index (κ1) is 8.75. The van der Waals surface area contributed by atoms with Crippen molar-refractivity contribution in [1.82, 2.24) is 0 Å². The van der Waals surface area contributed by atoms with Gasteiger partial charge in [0.1, 0.15) is 6.29 Å². The summed E-state index contributed by atoms with van der Waals surface area (Å²) in [4.78, 5) is 12.6. The number of nitrogens with zero attached hydrogens (tertiary/aromatic N) is 1. The van der Waals surface area contributed by atoms with Crippen LogP contribution in [0.15, 0.2) is 28.7 Å².